The van der Waals surface area contributed by atoms with Gasteiger partial charge in [0.2, 0.25) is 5.91 Å². The van der Waals surface area contributed by atoms with Crippen molar-refractivity contribution in [2.45, 2.75) is 35.4 Å². The molecule has 2 heterocycles. The molecule has 3 atom stereocenters. The SMILES string of the molecule is CC1(C)S[C@@H]2[C@@H](Cl)C(=O)N2[C@H]1C(=O)OCCl. The number of fused-ring (bicyclic) bond motifs is 1. The van der Waals surface area contributed by atoms with Gasteiger partial charge in [-0.3, -0.25) is 4.79 Å². The summed E-state index contributed by atoms with van der Waals surface area (Å²) < 4.78 is 4.38. The first-order valence-corrected chi connectivity index (χ1v) is 6.62. The fourth-order valence-corrected chi connectivity index (χ4v) is 4.11. The predicted molar refractivity (Wildman–Crippen MR) is 62.5 cm³/mol. The number of halogens is 2. The van der Waals surface area contributed by atoms with Crippen LogP contribution in [-0.4, -0.2) is 44.4 Å². The summed E-state index contributed by atoms with van der Waals surface area (Å²) in [5, 5.41) is -0.657. The van der Waals surface area contributed by atoms with Crippen LogP contribution in [0, 0.1) is 0 Å². The van der Waals surface area contributed by atoms with Crippen LogP contribution in [0.4, 0.5) is 0 Å². The van der Waals surface area contributed by atoms with E-state index in [1.54, 1.807) is 0 Å². The first-order valence-electron chi connectivity index (χ1n) is 4.77. The van der Waals surface area contributed by atoms with Crippen molar-refractivity contribution in [2.24, 2.45) is 0 Å². The summed E-state index contributed by atoms with van der Waals surface area (Å²) in [7, 11) is 0. The number of ether oxygens (including phenoxy) is 1. The number of carbonyl (C=O) groups is 2. The van der Waals surface area contributed by atoms with Crippen molar-refractivity contribution in [2.75, 3.05) is 6.07 Å². The number of thioether (sulfide) groups is 1. The first kappa shape index (κ1) is 12.3. The van der Waals surface area contributed by atoms with Crippen molar-refractivity contribution >= 4 is 46.8 Å². The quantitative estimate of drug-likeness (QED) is 0.437. The minimum absolute atomic E-state index is 0.128. The number of esters is 1. The van der Waals surface area contributed by atoms with Crippen LogP contribution in [0.1, 0.15) is 13.8 Å². The van der Waals surface area contributed by atoms with Crippen LogP contribution in [-0.2, 0) is 14.3 Å². The minimum Gasteiger partial charge on any atom is -0.448 e. The molecule has 0 bridgehead atoms. The molecule has 0 aromatic rings. The number of rotatable bonds is 2. The molecule has 0 N–H and O–H groups in total. The average Bonchev–Trinajstić information content (AvgIpc) is 2.47. The Bertz CT molecular complexity index is 350. The van der Waals surface area contributed by atoms with Crippen LogP contribution in [0.5, 0.6) is 0 Å². The molecule has 2 rings (SSSR count). The van der Waals surface area contributed by atoms with E-state index in [1.807, 2.05) is 13.8 Å². The van der Waals surface area contributed by atoms with E-state index >= 15 is 0 Å². The van der Waals surface area contributed by atoms with Gasteiger partial charge in [0.15, 0.2) is 6.07 Å². The molecular formula is C9H11Cl2NO3S. The van der Waals surface area contributed by atoms with Crippen molar-refractivity contribution in [3.63, 3.8) is 0 Å². The van der Waals surface area contributed by atoms with Gasteiger partial charge in [0.1, 0.15) is 16.8 Å². The molecule has 2 saturated heterocycles. The lowest BCUT2D eigenvalue weighted by atomic mass is 9.98. The molecule has 90 valence electrons. The number of β-lactam (4-membered cyclic amide) rings is 1. The smallest absolute Gasteiger partial charge is 0.331 e. The molecule has 1 amide bonds. The van der Waals surface area contributed by atoms with Gasteiger partial charge < -0.3 is 9.64 Å². The molecule has 2 aliphatic rings. The fraction of sp³-hybridized carbons (Fsp3) is 0.778. The van der Waals surface area contributed by atoms with E-state index in [0.717, 1.165) is 0 Å². The topological polar surface area (TPSA) is 46.6 Å². The van der Waals surface area contributed by atoms with Crippen LogP contribution < -0.4 is 0 Å². The van der Waals surface area contributed by atoms with Crippen LogP contribution in [0.2, 0.25) is 0 Å². The van der Waals surface area contributed by atoms with Gasteiger partial charge in [0, 0.05) is 4.75 Å². The second kappa shape index (κ2) is 3.96. The molecule has 0 unspecified atom stereocenters. The van der Waals surface area contributed by atoms with E-state index in [0.29, 0.717) is 0 Å². The zero-order valence-electron chi connectivity index (χ0n) is 8.78. The maximum atomic E-state index is 11.7. The normalized spacial score (nSPS) is 35.6. The Morgan fingerprint density at radius 3 is 2.81 bits per heavy atom. The van der Waals surface area contributed by atoms with Gasteiger partial charge in [-0.2, -0.15) is 0 Å². The molecule has 2 fully saturated rings. The highest BCUT2D eigenvalue weighted by Gasteiger charge is 2.63. The molecule has 0 aromatic carbocycles. The summed E-state index contributed by atoms with van der Waals surface area (Å²) in [5.74, 6) is -0.673. The Balaban J connectivity index is 2.22. The van der Waals surface area contributed by atoms with Gasteiger partial charge in [0.25, 0.3) is 0 Å². The van der Waals surface area contributed by atoms with E-state index in [-0.39, 0.29) is 17.3 Å². The highest BCUT2D eigenvalue weighted by Crippen LogP contribution is 2.52. The van der Waals surface area contributed by atoms with Gasteiger partial charge >= 0.3 is 5.97 Å². The molecule has 0 aliphatic carbocycles. The Morgan fingerprint density at radius 1 is 1.62 bits per heavy atom. The van der Waals surface area contributed by atoms with Crippen molar-refractivity contribution in [1.29, 1.82) is 0 Å². The largest absolute Gasteiger partial charge is 0.448 e. The number of amides is 1. The van der Waals surface area contributed by atoms with Gasteiger partial charge in [-0.25, -0.2) is 4.79 Å². The molecule has 7 heteroatoms. The highest BCUT2D eigenvalue weighted by atomic mass is 35.5. The van der Waals surface area contributed by atoms with E-state index in [1.165, 1.54) is 16.7 Å². The summed E-state index contributed by atoms with van der Waals surface area (Å²) in [6, 6.07) is -0.795. The zero-order valence-corrected chi connectivity index (χ0v) is 11.1. The second-order valence-corrected chi connectivity index (χ2v) is 6.69. The van der Waals surface area contributed by atoms with Crippen molar-refractivity contribution in [3.8, 4) is 0 Å². The fourth-order valence-electron chi connectivity index (χ4n) is 2.08. The lowest BCUT2D eigenvalue weighted by molar-refractivity contribution is -0.159. The van der Waals surface area contributed by atoms with Crippen molar-refractivity contribution in [3.05, 3.63) is 0 Å². The van der Waals surface area contributed by atoms with E-state index in [2.05, 4.69) is 0 Å². The predicted octanol–water partition coefficient (Wildman–Crippen LogP) is 1.40. The molecular weight excluding hydrogens is 273 g/mol. The monoisotopic (exact) mass is 283 g/mol. The lowest BCUT2D eigenvalue weighted by Crippen LogP contribution is -2.63. The third-order valence-electron chi connectivity index (χ3n) is 2.80. The second-order valence-electron chi connectivity index (χ2n) is 4.23. The number of nitrogens with zero attached hydrogens (tertiary/aromatic N) is 1. The third-order valence-corrected chi connectivity index (χ3v) is 5.05. The molecule has 4 nitrogen and oxygen atoms in total. The molecule has 0 radical (unpaired) electrons. The van der Waals surface area contributed by atoms with Gasteiger partial charge in [-0.15, -0.1) is 23.4 Å². The number of carbonyl (C=O) groups excluding carboxylic acids is 2. The maximum absolute atomic E-state index is 11.7. The van der Waals surface area contributed by atoms with Gasteiger partial charge in [-0.1, -0.05) is 11.6 Å². The zero-order chi connectivity index (χ0) is 12.1. The Kier molecular flexibility index (Phi) is 3.05. The molecule has 0 aromatic heterocycles. The standard InChI is InChI=1S/C9H11Cl2NO3S/c1-9(2)5(8(14)15-3-10)12-6(13)4(11)7(12)16-9/h4-5,7H,3H2,1-2H3/t4-,5-,7+/m0/s1. The van der Waals surface area contributed by atoms with Crippen molar-refractivity contribution in [1.82, 2.24) is 4.90 Å². The average molecular weight is 284 g/mol. The summed E-state index contributed by atoms with van der Waals surface area (Å²) in [5.41, 5.74) is 0. The number of hydrogen-bond acceptors (Lipinski definition) is 4. The third kappa shape index (κ3) is 1.60. The number of alkyl halides is 2. The van der Waals surface area contributed by atoms with E-state index < -0.39 is 22.1 Å². The Hall–Kier alpha value is -0.130. The van der Waals surface area contributed by atoms with E-state index in [4.69, 9.17) is 27.9 Å². The maximum Gasteiger partial charge on any atom is 0.331 e. The summed E-state index contributed by atoms with van der Waals surface area (Å²) >= 11 is 12.8. The molecule has 0 saturated carbocycles. The lowest BCUT2D eigenvalue weighted by Gasteiger charge is -2.40. The minimum atomic E-state index is -0.594. The van der Waals surface area contributed by atoms with Crippen molar-refractivity contribution < 1.29 is 14.3 Å². The summed E-state index contributed by atoms with van der Waals surface area (Å²) in [6.45, 7) is 3.79. The van der Waals surface area contributed by atoms with Gasteiger partial charge in [0.05, 0.1) is 0 Å². The first-order chi connectivity index (χ1) is 7.40. The molecule has 2 aliphatic heterocycles. The summed E-state index contributed by atoms with van der Waals surface area (Å²) in [4.78, 5) is 24.8. The van der Waals surface area contributed by atoms with E-state index in [9.17, 15) is 9.59 Å². The molecule has 0 spiro atoms. The van der Waals surface area contributed by atoms with Crippen LogP contribution in [0.3, 0.4) is 0 Å². The van der Waals surface area contributed by atoms with Crippen LogP contribution >= 0.6 is 35.0 Å². The van der Waals surface area contributed by atoms with Crippen LogP contribution in [0.15, 0.2) is 0 Å². The molecule has 16 heavy (non-hydrogen) atoms. The number of hydrogen-bond donors (Lipinski definition) is 0. The van der Waals surface area contributed by atoms with Gasteiger partial charge in [-0.05, 0) is 13.8 Å². The van der Waals surface area contributed by atoms with Crippen LogP contribution in [0.25, 0.3) is 0 Å². The highest BCUT2D eigenvalue weighted by molar-refractivity contribution is 8.01. The Labute approximate surface area is 108 Å². The summed E-state index contributed by atoms with van der Waals surface area (Å²) in [6.07, 6.45) is 0. The Morgan fingerprint density at radius 2 is 2.25 bits per heavy atom.